The lowest BCUT2D eigenvalue weighted by molar-refractivity contribution is -0.156. The summed E-state index contributed by atoms with van der Waals surface area (Å²) in [4.78, 5) is 27.9. The lowest BCUT2D eigenvalue weighted by Gasteiger charge is -2.61. The number of benzene rings is 1. The van der Waals surface area contributed by atoms with Gasteiger partial charge in [-0.25, -0.2) is 4.79 Å². The molecule has 44 heavy (non-hydrogen) atoms. The number of carbonyl (C=O) groups excluding carboxylic acids is 2. The molecule has 1 amide bonds. The first kappa shape index (κ1) is 38.5. The predicted molar refractivity (Wildman–Crippen MR) is 191 cm³/mol. The second kappa shape index (κ2) is 13.2. The van der Waals surface area contributed by atoms with Crippen molar-refractivity contribution in [1.82, 2.24) is 4.57 Å². The number of β-lactam (4-membered cyclic amide) rings is 1. The molecule has 6 nitrogen and oxygen atoms in total. The van der Waals surface area contributed by atoms with Crippen LogP contribution in [0.3, 0.4) is 0 Å². The summed E-state index contributed by atoms with van der Waals surface area (Å²) in [5, 5.41) is -0.114. The molecule has 1 saturated heterocycles. The van der Waals surface area contributed by atoms with Gasteiger partial charge in [-0.1, -0.05) is 113 Å². The topological polar surface area (TPSA) is 65.1 Å². The average molecular weight is 662 g/mol. The summed E-state index contributed by atoms with van der Waals surface area (Å²) in [7, 11) is -6.75. The predicted octanol–water partition coefficient (Wildman–Crippen LogP) is 9.51. The third-order valence-corrected chi connectivity index (χ3v) is 25.3. The third kappa shape index (κ3) is 8.36. The average Bonchev–Trinajstić information content (AvgIpc) is 2.83. The van der Waals surface area contributed by atoms with Crippen LogP contribution in [0.4, 0.5) is 0 Å². The fraction of sp³-hybridized carbons (Fsp3) is 0.714. The first-order chi connectivity index (χ1) is 19.7. The van der Waals surface area contributed by atoms with E-state index < -0.39 is 30.8 Å². The van der Waals surface area contributed by atoms with Crippen LogP contribution in [0, 0.1) is 11.8 Å². The van der Waals surface area contributed by atoms with Gasteiger partial charge in [-0.2, -0.15) is 0 Å². The van der Waals surface area contributed by atoms with Gasteiger partial charge in [0.05, 0.1) is 12.0 Å². The first-order valence-corrected chi connectivity index (χ1v) is 25.0. The van der Waals surface area contributed by atoms with Crippen LogP contribution in [-0.4, -0.2) is 53.5 Å². The molecule has 0 N–H and O–H groups in total. The second-order valence-corrected chi connectivity index (χ2v) is 32.0. The van der Waals surface area contributed by atoms with Crippen molar-refractivity contribution in [3.63, 3.8) is 0 Å². The van der Waals surface area contributed by atoms with Gasteiger partial charge < -0.3 is 18.2 Å². The van der Waals surface area contributed by atoms with Gasteiger partial charge in [-0.3, -0.25) is 4.79 Å². The lowest BCUT2D eigenvalue weighted by atomic mass is 9.78. The molecule has 1 aliphatic rings. The van der Waals surface area contributed by atoms with Gasteiger partial charge in [0.2, 0.25) is 5.91 Å². The van der Waals surface area contributed by atoms with Crippen molar-refractivity contribution < 1.29 is 23.2 Å². The Morgan fingerprint density at radius 2 is 1.34 bits per heavy atom. The highest BCUT2D eigenvalue weighted by molar-refractivity contribution is 6.80. The van der Waals surface area contributed by atoms with E-state index in [-0.39, 0.29) is 57.4 Å². The van der Waals surface area contributed by atoms with Gasteiger partial charge >= 0.3 is 5.97 Å². The number of hydrogen-bond donors (Lipinski definition) is 0. The molecule has 0 saturated carbocycles. The Morgan fingerprint density at radius 3 is 1.80 bits per heavy atom. The molecule has 1 aliphatic heterocycles. The summed E-state index contributed by atoms with van der Waals surface area (Å²) in [6, 6.07) is 9.59. The van der Waals surface area contributed by atoms with Gasteiger partial charge in [0.15, 0.2) is 22.3 Å². The van der Waals surface area contributed by atoms with Crippen molar-refractivity contribution in [3.05, 3.63) is 47.7 Å². The molecule has 1 heterocycles. The van der Waals surface area contributed by atoms with Gasteiger partial charge in [0, 0.05) is 6.04 Å². The van der Waals surface area contributed by atoms with Crippen molar-refractivity contribution in [2.75, 3.05) is 0 Å². The maximum atomic E-state index is 14.1. The smallest absolute Gasteiger partial charge is 0.372 e. The molecule has 0 unspecified atom stereocenters. The third-order valence-electron chi connectivity index (χ3n) is 11.0. The molecule has 0 radical (unpaired) electrons. The monoisotopic (exact) mass is 661 g/mol. The van der Waals surface area contributed by atoms with E-state index in [4.69, 9.17) is 13.6 Å². The van der Waals surface area contributed by atoms with E-state index in [0.717, 1.165) is 5.56 Å². The molecule has 1 fully saturated rings. The summed E-state index contributed by atoms with van der Waals surface area (Å²) >= 11 is 0. The molecule has 9 heteroatoms. The van der Waals surface area contributed by atoms with Crippen molar-refractivity contribution >= 4 is 36.7 Å². The fourth-order valence-electron chi connectivity index (χ4n) is 5.00. The largest absolute Gasteiger partial charge is 0.539 e. The number of rotatable bonds is 11. The van der Waals surface area contributed by atoms with Crippen LogP contribution in [0.25, 0.3) is 0 Å². The quantitative estimate of drug-likeness (QED) is 0.0777. The molecule has 4 atom stereocenters. The Hall–Kier alpha value is -1.69. The fourth-order valence-corrected chi connectivity index (χ4v) is 10.0. The maximum absolute atomic E-state index is 14.1. The first-order valence-electron chi connectivity index (χ1n) is 16.3. The van der Waals surface area contributed by atoms with Gasteiger partial charge in [0.25, 0.3) is 8.32 Å². The second-order valence-electron chi connectivity index (χ2n) is 17.4. The maximum Gasteiger partial charge on any atom is 0.372 e. The van der Waals surface area contributed by atoms with E-state index in [0.29, 0.717) is 0 Å². The van der Waals surface area contributed by atoms with E-state index in [1.165, 1.54) is 0 Å². The zero-order chi connectivity index (χ0) is 34.3. The molecular weight excluding hydrogens is 599 g/mol. The Kier molecular flexibility index (Phi) is 11.5. The minimum atomic E-state index is -2.38. The summed E-state index contributed by atoms with van der Waals surface area (Å²) in [5.41, 5.74) is 0.922. The summed E-state index contributed by atoms with van der Waals surface area (Å²) in [5.74, 6) is -0.477. The van der Waals surface area contributed by atoms with Gasteiger partial charge in [-0.15, -0.1) is 0 Å². The number of amides is 1. The highest BCUT2D eigenvalue weighted by atomic mass is 28.4. The number of esters is 1. The number of carbonyl (C=O) groups is 2. The van der Waals surface area contributed by atoms with E-state index in [9.17, 15) is 9.59 Å². The van der Waals surface area contributed by atoms with Crippen LogP contribution < -0.4 is 0 Å². The summed E-state index contributed by atoms with van der Waals surface area (Å²) in [6.07, 6.45) is 1.71. The highest BCUT2D eigenvalue weighted by Crippen LogP contribution is 2.49. The molecule has 2 rings (SSSR count). The molecule has 1 aromatic carbocycles. The summed E-state index contributed by atoms with van der Waals surface area (Å²) < 4.78 is 21.5. The van der Waals surface area contributed by atoms with Gasteiger partial charge in [-0.05, 0) is 65.8 Å². The summed E-state index contributed by atoms with van der Waals surface area (Å²) in [6.45, 7) is 37.6. The van der Waals surface area contributed by atoms with E-state index in [2.05, 4.69) is 120 Å². The van der Waals surface area contributed by atoms with Crippen molar-refractivity contribution in [1.29, 1.82) is 0 Å². The Balaban J connectivity index is 2.58. The molecule has 0 spiro atoms. The van der Waals surface area contributed by atoms with Crippen LogP contribution in [-0.2, 0) is 29.8 Å². The minimum absolute atomic E-state index is 0.0286. The zero-order valence-electron chi connectivity index (χ0n) is 31.0. The molecule has 0 aromatic heterocycles. The Morgan fingerprint density at radius 1 is 0.841 bits per heavy atom. The van der Waals surface area contributed by atoms with Crippen molar-refractivity contribution in [3.8, 4) is 0 Å². The zero-order valence-corrected chi connectivity index (χ0v) is 34.0. The van der Waals surface area contributed by atoms with Crippen molar-refractivity contribution in [2.24, 2.45) is 11.8 Å². The van der Waals surface area contributed by atoms with E-state index in [1.807, 2.05) is 36.4 Å². The van der Waals surface area contributed by atoms with Crippen LogP contribution in [0.1, 0.15) is 81.7 Å². The van der Waals surface area contributed by atoms with Crippen LogP contribution >= 0.6 is 0 Å². The lowest BCUT2D eigenvalue weighted by Crippen LogP contribution is -2.76. The van der Waals surface area contributed by atoms with Crippen LogP contribution in [0.2, 0.25) is 54.4 Å². The Bertz CT molecular complexity index is 1190. The molecular formula is C35H63NO5Si3. The molecule has 1 aromatic rings. The minimum Gasteiger partial charge on any atom is -0.539 e. The van der Waals surface area contributed by atoms with Crippen LogP contribution in [0.5, 0.6) is 0 Å². The molecule has 0 aliphatic carbocycles. The van der Waals surface area contributed by atoms with Crippen LogP contribution in [0.15, 0.2) is 42.2 Å². The van der Waals surface area contributed by atoms with Crippen molar-refractivity contribution in [2.45, 2.75) is 149 Å². The Labute approximate surface area is 272 Å². The molecule has 0 bridgehead atoms. The number of hydrogen-bond acceptors (Lipinski definition) is 5. The standard InChI is InChI=1S/C35H63NO5Si3/c1-25(23-28(41-44(16,17)35(9,10)11)32(38)39-24-27-21-19-18-20-22-27)30-29(26(2)40-43(14,15)34(6,7)8)31(37)36(30)42(12,13)33(3,4)5/h18-23,25-26,29-30H,24H2,1-17H3/b28-23-/t25-,26+,29-,30+/m0/s1. The highest BCUT2D eigenvalue weighted by Gasteiger charge is 2.60. The van der Waals surface area contributed by atoms with E-state index in [1.54, 1.807) is 0 Å². The SMILES string of the molecule is C[C@@H](/C=C(\O[Si](C)(C)C(C)(C)C)C(=O)OCc1ccccc1)[C@@H]1[C@H]([C@@H](C)O[Si](C)(C)C(C)(C)C)C(=O)N1[Si](C)(C)C(C)(C)C. The number of nitrogens with zero attached hydrogens (tertiary/aromatic N) is 1. The van der Waals surface area contributed by atoms with E-state index >= 15 is 0 Å². The van der Waals surface area contributed by atoms with Gasteiger partial charge in [0.1, 0.15) is 6.61 Å². The normalized spacial score (nSPS) is 20.6. The number of ether oxygens (including phenoxy) is 1. The molecule has 250 valence electrons.